The number of rotatable bonds is 6. The van der Waals surface area contributed by atoms with Gasteiger partial charge < -0.3 is 15.1 Å². The number of halogens is 1. The van der Waals surface area contributed by atoms with E-state index in [1.807, 2.05) is 17.5 Å². The molecule has 0 bridgehead atoms. The van der Waals surface area contributed by atoms with Crippen LogP contribution in [0.5, 0.6) is 0 Å². The van der Waals surface area contributed by atoms with Gasteiger partial charge in [-0.3, -0.25) is 9.59 Å². The summed E-state index contributed by atoms with van der Waals surface area (Å²) in [5, 5.41) is 8.36. The molecule has 8 heteroatoms. The number of hydrogen-bond donors (Lipinski definition) is 2. The lowest BCUT2D eigenvalue weighted by Crippen LogP contribution is -2.27. The molecule has 3 aromatic rings. The normalized spacial score (nSPS) is 10.4. The number of carbonyl (C=O) groups is 2. The molecule has 0 atom stereocenters. The maximum Gasteiger partial charge on any atom is 0.286 e. The molecule has 0 fully saturated rings. The van der Waals surface area contributed by atoms with Gasteiger partial charge in [-0.25, -0.2) is 4.98 Å². The molecule has 128 valence electrons. The van der Waals surface area contributed by atoms with E-state index in [2.05, 4.69) is 15.6 Å². The van der Waals surface area contributed by atoms with E-state index in [0.717, 1.165) is 11.3 Å². The van der Waals surface area contributed by atoms with Gasteiger partial charge in [-0.15, -0.1) is 11.3 Å². The number of furan rings is 1. The van der Waals surface area contributed by atoms with Crippen LogP contribution < -0.4 is 10.6 Å². The third kappa shape index (κ3) is 4.68. The van der Waals surface area contributed by atoms with E-state index in [1.54, 1.807) is 24.3 Å². The fourth-order valence-electron chi connectivity index (χ4n) is 2.05. The Labute approximate surface area is 152 Å². The van der Waals surface area contributed by atoms with Gasteiger partial charge in [0, 0.05) is 28.9 Å². The molecule has 25 heavy (non-hydrogen) atoms. The average Bonchev–Trinajstić information content (AvgIpc) is 3.27. The van der Waals surface area contributed by atoms with Crippen molar-refractivity contribution in [1.29, 1.82) is 0 Å². The summed E-state index contributed by atoms with van der Waals surface area (Å²) < 4.78 is 4.97. The molecule has 1 aromatic carbocycles. The van der Waals surface area contributed by atoms with Crippen molar-refractivity contribution >= 4 is 39.9 Å². The second-order valence-electron chi connectivity index (χ2n) is 5.08. The van der Waals surface area contributed by atoms with E-state index < -0.39 is 0 Å². The maximum absolute atomic E-state index is 11.9. The van der Waals surface area contributed by atoms with Gasteiger partial charge in [0.2, 0.25) is 5.91 Å². The number of nitrogens with one attached hydrogen (secondary N) is 2. The summed E-state index contributed by atoms with van der Waals surface area (Å²) in [5.74, 6) is -0.359. The number of aromatic nitrogens is 1. The predicted molar refractivity (Wildman–Crippen MR) is 96.8 cm³/mol. The minimum atomic E-state index is -0.350. The molecule has 3 rings (SSSR count). The Bertz CT molecular complexity index is 860. The Kier molecular flexibility index (Phi) is 5.47. The molecule has 0 aliphatic heterocycles. The van der Waals surface area contributed by atoms with Crippen molar-refractivity contribution in [3.63, 3.8) is 0 Å². The van der Waals surface area contributed by atoms with Crippen molar-refractivity contribution in [3.8, 4) is 11.3 Å². The quantitative estimate of drug-likeness (QED) is 0.686. The fourth-order valence-corrected chi connectivity index (χ4v) is 2.91. The second kappa shape index (κ2) is 7.96. The lowest BCUT2D eigenvalue weighted by Gasteiger charge is -2.03. The Hall–Kier alpha value is -2.64. The summed E-state index contributed by atoms with van der Waals surface area (Å²) in [4.78, 5) is 28.0. The number of amides is 2. The number of nitrogens with zero attached hydrogens (tertiary/aromatic N) is 1. The Morgan fingerprint density at radius 3 is 2.72 bits per heavy atom. The molecule has 0 aliphatic carbocycles. The van der Waals surface area contributed by atoms with E-state index in [1.165, 1.54) is 17.6 Å². The van der Waals surface area contributed by atoms with Crippen LogP contribution in [0.1, 0.15) is 17.0 Å². The zero-order valence-corrected chi connectivity index (χ0v) is 14.6. The van der Waals surface area contributed by atoms with Gasteiger partial charge in [0.05, 0.1) is 12.0 Å². The summed E-state index contributed by atoms with van der Waals surface area (Å²) in [7, 11) is 0. The molecule has 2 heterocycles. The van der Waals surface area contributed by atoms with E-state index >= 15 is 0 Å². The number of carbonyl (C=O) groups excluding carboxylic acids is 2. The van der Waals surface area contributed by atoms with E-state index in [-0.39, 0.29) is 30.5 Å². The third-order valence-electron chi connectivity index (χ3n) is 3.27. The summed E-state index contributed by atoms with van der Waals surface area (Å²) in [5.41, 5.74) is 1.69. The highest BCUT2D eigenvalue weighted by Gasteiger charge is 2.10. The van der Waals surface area contributed by atoms with Crippen molar-refractivity contribution in [3.05, 3.63) is 58.8 Å². The van der Waals surface area contributed by atoms with E-state index in [9.17, 15) is 9.59 Å². The fraction of sp³-hybridized carbons (Fsp3) is 0.118. The van der Waals surface area contributed by atoms with Crippen molar-refractivity contribution in [2.75, 3.05) is 11.9 Å². The van der Waals surface area contributed by atoms with Gasteiger partial charge in [0.15, 0.2) is 10.9 Å². The first-order valence-electron chi connectivity index (χ1n) is 7.45. The molecule has 2 N–H and O–H groups in total. The Morgan fingerprint density at radius 1 is 1.20 bits per heavy atom. The van der Waals surface area contributed by atoms with E-state index in [4.69, 9.17) is 16.0 Å². The summed E-state index contributed by atoms with van der Waals surface area (Å²) >= 11 is 7.20. The summed E-state index contributed by atoms with van der Waals surface area (Å²) in [6.45, 7) is 0.209. The van der Waals surface area contributed by atoms with Crippen molar-refractivity contribution in [2.45, 2.75) is 6.42 Å². The number of hydrogen-bond acceptors (Lipinski definition) is 5. The highest BCUT2D eigenvalue weighted by Crippen LogP contribution is 2.25. The largest absolute Gasteiger partial charge is 0.459 e. The third-order valence-corrected chi connectivity index (χ3v) is 4.28. The van der Waals surface area contributed by atoms with Crippen LogP contribution in [0.4, 0.5) is 5.13 Å². The lowest BCUT2D eigenvalue weighted by atomic mass is 10.2. The van der Waals surface area contributed by atoms with Crippen LogP contribution in [-0.2, 0) is 4.79 Å². The number of benzene rings is 1. The molecule has 6 nitrogen and oxygen atoms in total. The highest BCUT2D eigenvalue weighted by atomic mass is 35.5. The number of anilines is 1. The van der Waals surface area contributed by atoms with Crippen LogP contribution in [0.15, 0.2) is 52.5 Å². The lowest BCUT2D eigenvalue weighted by molar-refractivity contribution is -0.116. The van der Waals surface area contributed by atoms with Crippen LogP contribution in [0.3, 0.4) is 0 Å². The molecule has 0 radical (unpaired) electrons. The second-order valence-corrected chi connectivity index (χ2v) is 6.37. The molecular formula is C17H14ClN3O3S. The van der Waals surface area contributed by atoms with Crippen molar-refractivity contribution in [1.82, 2.24) is 10.3 Å². The Morgan fingerprint density at radius 2 is 2.00 bits per heavy atom. The van der Waals surface area contributed by atoms with Crippen LogP contribution >= 0.6 is 22.9 Å². The molecular weight excluding hydrogens is 362 g/mol. The van der Waals surface area contributed by atoms with Gasteiger partial charge >= 0.3 is 0 Å². The van der Waals surface area contributed by atoms with Crippen molar-refractivity contribution < 1.29 is 14.0 Å². The van der Waals surface area contributed by atoms with Gasteiger partial charge in [-0.05, 0) is 24.3 Å². The van der Waals surface area contributed by atoms with Gasteiger partial charge in [-0.2, -0.15) is 0 Å². The summed E-state index contributed by atoms with van der Waals surface area (Å²) in [6, 6.07) is 10.5. The molecule has 0 spiro atoms. The smallest absolute Gasteiger partial charge is 0.286 e. The summed E-state index contributed by atoms with van der Waals surface area (Å²) in [6.07, 6.45) is 1.56. The first-order valence-corrected chi connectivity index (χ1v) is 8.70. The number of thiazole rings is 1. The van der Waals surface area contributed by atoms with Gasteiger partial charge in [0.1, 0.15) is 0 Å². The predicted octanol–water partition coefficient (Wildman–Crippen LogP) is 3.82. The first-order chi connectivity index (χ1) is 12.1. The molecule has 2 amide bonds. The van der Waals surface area contributed by atoms with Crippen LogP contribution in [0, 0.1) is 0 Å². The molecule has 0 unspecified atom stereocenters. The Balaban J connectivity index is 1.48. The first kappa shape index (κ1) is 17.2. The van der Waals surface area contributed by atoms with Gasteiger partial charge in [-0.1, -0.05) is 23.7 Å². The molecule has 0 saturated heterocycles. The van der Waals surface area contributed by atoms with Crippen LogP contribution in [0.25, 0.3) is 11.3 Å². The standard InChI is InChI=1S/C17H14ClN3O3S/c18-12-5-3-11(4-6-12)13-10-25-17(20-13)21-15(22)7-8-19-16(23)14-2-1-9-24-14/h1-6,9-10H,7-8H2,(H,19,23)(H,20,21,22). The minimum Gasteiger partial charge on any atom is -0.459 e. The topological polar surface area (TPSA) is 84.2 Å². The highest BCUT2D eigenvalue weighted by molar-refractivity contribution is 7.14. The molecule has 2 aromatic heterocycles. The van der Waals surface area contributed by atoms with Crippen LogP contribution in [0.2, 0.25) is 5.02 Å². The molecule has 0 aliphatic rings. The average molecular weight is 376 g/mol. The minimum absolute atomic E-state index is 0.141. The van der Waals surface area contributed by atoms with E-state index in [0.29, 0.717) is 10.2 Å². The SMILES string of the molecule is O=C(CCNC(=O)c1ccco1)Nc1nc(-c2ccc(Cl)cc2)cs1. The molecule has 0 saturated carbocycles. The zero-order chi connectivity index (χ0) is 17.6. The van der Waals surface area contributed by atoms with Crippen LogP contribution in [-0.4, -0.2) is 23.3 Å². The van der Waals surface area contributed by atoms with Crippen molar-refractivity contribution in [2.24, 2.45) is 0 Å². The maximum atomic E-state index is 11.9. The zero-order valence-electron chi connectivity index (χ0n) is 13.0. The van der Waals surface area contributed by atoms with Gasteiger partial charge in [0.25, 0.3) is 5.91 Å². The monoisotopic (exact) mass is 375 g/mol.